The lowest BCUT2D eigenvalue weighted by atomic mass is 10.2. The predicted molar refractivity (Wildman–Crippen MR) is 79.6 cm³/mol. The fourth-order valence-electron chi connectivity index (χ4n) is 2.02. The first-order valence-electron chi connectivity index (χ1n) is 6.51. The molecule has 0 aliphatic rings. The molecule has 0 unspecified atom stereocenters. The summed E-state index contributed by atoms with van der Waals surface area (Å²) >= 11 is 1.74. The molecule has 1 N–H and O–H groups in total. The largest absolute Gasteiger partial charge is 0.440 e. The highest BCUT2D eigenvalue weighted by Gasteiger charge is 2.09. The van der Waals surface area contributed by atoms with E-state index in [9.17, 15) is 0 Å². The molecule has 0 radical (unpaired) electrons. The summed E-state index contributed by atoms with van der Waals surface area (Å²) in [5, 5.41) is 4.53. The zero-order chi connectivity index (χ0) is 13.1. The molecule has 2 aromatic heterocycles. The maximum atomic E-state index is 5.81. The van der Waals surface area contributed by atoms with Gasteiger partial charge < -0.3 is 9.73 Å². The van der Waals surface area contributed by atoms with Crippen LogP contribution in [0.2, 0.25) is 0 Å². The van der Waals surface area contributed by atoms with Gasteiger partial charge in [0.25, 0.3) is 0 Å². The molecular weight excluding hydrogens is 256 g/mol. The Morgan fingerprint density at radius 1 is 1.32 bits per heavy atom. The number of fused-ring (bicyclic) bond motifs is 1. The topological polar surface area (TPSA) is 38.1 Å². The number of rotatable bonds is 5. The molecule has 0 bridgehead atoms. The SMILES string of the molecule is CCNCCc1ncc(-c2cc3ccccc3s2)o1. The van der Waals surface area contributed by atoms with Crippen molar-refractivity contribution >= 4 is 21.4 Å². The number of thiophene rings is 1. The first-order valence-corrected chi connectivity index (χ1v) is 7.33. The van der Waals surface area contributed by atoms with Crippen molar-refractivity contribution in [2.45, 2.75) is 13.3 Å². The Bertz CT molecular complexity index is 638. The van der Waals surface area contributed by atoms with E-state index in [4.69, 9.17) is 4.42 Å². The van der Waals surface area contributed by atoms with Gasteiger partial charge in [-0.1, -0.05) is 25.1 Å². The van der Waals surface area contributed by atoms with Crippen LogP contribution in [0.25, 0.3) is 20.7 Å². The van der Waals surface area contributed by atoms with Crippen molar-refractivity contribution in [2.75, 3.05) is 13.1 Å². The average Bonchev–Trinajstić information content (AvgIpc) is 3.04. The molecule has 1 aromatic carbocycles. The number of oxazole rings is 1. The first-order chi connectivity index (χ1) is 9.36. The van der Waals surface area contributed by atoms with Crippen molar-refractivity contribution in [3.63, 3.8) is 0 Å². The highest BCUT2D eigenvalue weighted by Crippen LogP contribution is 2.33. The molecule has 4 heteroatoms. The minimum Gasteiger partial charge on any atom is -0.440 e. The van der Waals surface area contributed by atoms with E-state index in [1.807, 2.05) is 6.20 Å². The Balaban J connectivity index is 1.81. The van der Waals surface area contributed by atoms with Gasteiger partial charge in [0.05, 0.1) is 11.1 Å². The molecule has 3 aromatic rings. The van der Waals surface area contributed by atoms with E-state index in [0.29, 0.717) is 0 Å². The van der Waals surface area contributed by atoms with Crippen molar-refractivity contribution in [1.29, 1.82) is 0 Å². The van der Waals surface area contributed by atoms with Crippen LogP contribution >= 0.6 is 11.3 Å². The average molecular weight is 272 g/mol. The molecular formula is C15H16N2OS. The Kier molecular flexibility index (Phi) is 3.62. The number of likely N-dealkylation sites (N-methyl/N-ethyl adjacent to an activating group) is 1. The van der Waals surface area contributed by atoms with Gasteiger partial charge in [0, 0.05) is 17.7 Å². The van der Waals surface area contributed by atoms with Gasteiger partial charge in [-0.2, -0.15) is 0 Å². The summed E-state index contributed by atoms with van der Waals surface area (Å²) in [7, 11) is 0. The second-order valence-corrected chi connectivity index (χ2v) is 5.45. The molecule has 0 aliphatic heterocycles. The number of benzene rings is 1. The van der Waals surface area contributed by atoms with E-state index in [2.05, 4.69) is 47.6 Å². The molecule has 0 spiro atoms. The number of hydrogen-bond donors (Lipinski definition) is 1. The van der Waals surface area contributed by atoms with E-state index in [1.54, 1.807) is 11.3 Å². The van der Waals surface area contributed by atoms with Gasteiger partial charge in [-0.15, -0.1) is 11.3 Å². The van der Waals surface area contributed by atoms with Gasteiger partial charge in [-0.3, -0.25) is 0 Å². The third kappa shape index (κ3) is 2.69. The molecule has 0 saturated carbocycles. The van der Waals surface area contributed by atoms with Gasteiger partial charge >= 0.3 is 0 Å². The lowest BCUT2D eigenvalue weighted by Crippen LogP contribution is -2.16. The Hall–Kier alpha value is -1.65. The molecule has 19 heavy (non-hydrogen) atoms. The van der Waals surface area contributed by atoms with Gasteiger partial charge in [0.2, 0.25) is 0 Å². The number of hydrogen-bond acceptors (Lipinski definition) is 4. The molecule has 3 nitrogen and oxygen atoms in total. The number of nitrogens with zero attached hydrogens (tertiary/aromatic N) is 1. The minimum atomic E-state index is 0.799. The van der Waals surface area contributed by atoms with Gasteiger partial charge in [-0.05, 0) is 24.1 Å². The van der Waals surface area contributed by atoms with Crippen molar-refractivity contribution in [2.24, 2.45) is 0 Å². The van der Waals surface area contributed by atoms with Crippen LogP contribution in [0.3, 0.4) is 0 Å². The lowest BCUT2D eigenvalue weighted by molar-refractivity contribution is 0.498. The Morgan fingerprint density at radius 2 is 2.21 bits per heavy atom. The summed E-state index contributed by atoms with van der Waals surface area (Å²) < 4.78 is 7.09. The predicted octanol–water partition coefficient (Wildman–Crippen LogP) is 3.71. The first kappa shape index (κ1) is 12.4. The maximum absolute atomic E-state index is 5.81. The molecule has 0 amide bonds. The number of aromatic nitrogens is 1. The summed E-state index contributed by atoms with van der Waals surface area (Å²) in [5.41, 5.74) is 0. The highest BCUT2D eigenvalue weighted by atomic mass is 32.1. The smallest absolute Gasteiger partial charge is 0.196 e. The maximum Gasteiger partial charge on any atom is 0.196 e. The molecule has 3 rings (SSSR count). The van der Waals surface area contributed by atoms with E-state index in [-0.39, 0.29) is 0 Å². The van der Waals surface area contributed by atoms with Crippen molar-refractivity contribution in [3.05, 3.63) is 42.4 Å². The third-order valence-corrected chi connectivity index (χ3v) is 4.12. The van der Waals surface area contributed by atoms with Crippen LogP contribution < -0.4 is 5.32 Å². The molecule has 0 atom stereocenters. The zero-order valence-electron chi connectivity index (χ0n) is 10.8. The van der Waals surface area contributed by atoms with E-state index in [1.165, 1.54) is 10.1 Å². The van der Waals surface area contributed by atoms with Crippen molar-refractivity contribution in [1.82, 2.24) is 10.3 Å². The van der Waals surface area contributed by atoms with Crippen molar-refractivity contribution in [3.8, 4) is 10.6 Å². The second-order valence-electron chi connectivity index (χ2n) is 4.37. The van der Waals surface area contributed by atoms with E-state index < -0.39 is 0 Å². The van der Waals surface area contributed by atoms with Crippen LogP contribution in [0.5, 0.6) is 0 Å². The molecule has 0 fully saturated rings. The minimum absolute atomic E-state index is 0.799. The summed E-state index contributed by atoms with van der Waals surface area (Å²) in [4.78, 5) is 5.48. The zero-order valence-corrected chi connectivity index (χ0v) is 11.7. The van der Waals surface area contributed by atoms with E-state index >= 15 is 0 Å². The number of nitrogens with one attached hydrogen (secondary N) is 1. The van der Waals surface area contributed by atoms with E-state index in [0.717, 1.165) is 36.0 Å². The van der Waals surface area contributed by atoms with Crippen LogP contribution in [0.1, 0.15) is 12.8 Å². The quantitative estimate of drug-likeness (QED) is 0.720. The summed E-state index contributed by atoms with van der Waals surface area (Å²) in [5.74, 6) is 1.67. The summed E-state index contributed by atoms with van der Waals surface area (Å²) in [6.07, 6.45) is 2.66. The molecule has 2 heterocycles. The highest BCUT2D eigenvalue weighted by molar-refractivity contribution is 7.22. The Labute approximate surface area is 116 Å². The standard InChI is InChI=1S/C15H16N2OS/c1-2-16-8-7-15-17-10-12(18-15)14-9-11-5-3-4-6-13(11)19-14/h3-6,9-10,16H,2,7-8H2,1H3. The lowest BCUT2D eigenvalue weighted by Gasteiger charge is -1.96. The van der Waals surface area contributed by atoms with Crippen LogP contribution in [0.15, 0.2) is 40.9 Å². The molecule has 0 saturated heterocycles. The normalized spacial score (nSPS) is 11.2. The Morgan fingerprint density at radius 3 is 3.05 bits per heavy atom. The fraction of sp³-hybridized carbons (Fsp3) is 0.267. The molecule has 98 valence electrons. The molecule has 0 aliphatic carbocycles. The van der Waals surface area contributed by atoms with Gasteiger partial charge in [-0.25, -0.2) is 4.98 Å². The summed E-state index contributed by atoms with van der Waals surface area (Å²) in [6, 6.07) is 10.5. The van der Waals surface area contributed by atoms with Crippen LogP contribution in [-0.2, 0) is 6.42 Å². The van der Waals surface area contributed by atoms with Gasteiger partial charge in [0.15, 0.2) is 11.7 Å². The van der Waals surface area contributed by atoms with Crippen LogP contribution in [0.4, 0.5) is 0 Å². The third-order valence-electron chi connectivity index (χ3n) is 2.99. The monoisotopic (exact) mass is 272 g/mol. The fourth-order valence-corrected chi connectivity index (χ4v) is 3.02. The van der Waals surface area contributed by atoms with Crippen LogP contribution in [-0.4, -0.2) is 18.1 Å². The van der Waals surface area contributed by atoms with Crippen LogP contribution in [0, 0.1) is 0 Å². The van der Waals surface area contributed by atoms with Crippen molar-refractivity contribution < 1.29 is 4.42 Å². The summed E-state index contributed by atoms with van der Waals surface area (Å²) in [6.45, 7) is 3.98. The van der Waals surface area contributed by atoms with Gasteiger partial charge in [0.1, 0.15) is 0 Å². The second kappa shape index (κ2) is 5.55.